The van der Waals surface area contributed by atoms with Gasteiger partial charge in [0.25, 0.3) is 6.43 Å². The molecule has 2 heterocycles. The minimum Gasteiger partial charge on any atom is -0.348 e. The first-order chi connectivity index (χ1) is 11.1. The molecule has 0 amide bonds. The first-order valence-electron chi connectivity index (χ1n) is 6.78. The summed E-state index contributed by atoms with van der Waals surface area (Å²) in [6, 6.07) is 7.53. The summed E-state index contributed by atoms with van der Waals surface area (Å²) >= 11 is 0. The molecular weight excluding hydrogens is 307 g/mol. The Morgan fingerprint density at radius 1 is 1.13 bits per heavy atom. The molecule has 3 aromatic rings. The van der Waals surface area contributed by atoms with Crippen LogP contribution in [-0.4, -0.2) is 32.7 Å². The molecule has 5 nitrogen and oxygen atoms in total. The predicted octanol–water partition coefficient (Wildman–Crippen LogP) is 3.15. The smallest absolute Gasteiger partial charge is 0.255 e. The van der Waals surface area contributed by atoms with E-state index in [2.05, 4.69) is 20.4 Å². The number of halogens is 3. The van der Waals surface area contributed by atoms with Crippen LogP contribution in [0.15, 0.2) is 48.9 Å². The molecule has 0 radical (unpaired) electrons. The molecule has 0 aliphatic rings. The monoisotopic (exact) mass is 319 g/mol. The highest BCUT2D eigenvalue weighted by Gasteiger charge is 2.08. The van der Waals surface area contributed by atoms with Gasteiger partial charge in [0.2, 0.25) is 5.95 Å². The molecule has 23 heavy (non-hydrogen) atoms. The third kappa shape index (κ3) is 3.65. The lowest BCUT2D eigenvalue weighted by molar-refractivity contribution is 0.163. The fraction of sp³-hybridized carbons (Fsp3) is 0.133. The van der Waals surface area contributed by atoms with Crippen molar-refractivity contribution in [2.24, 2.45) is 0 Å². The number of benzene rings is 1. The lowest BCUT2D eigenvalue weighted by Crippen LogP contribution is -2.12. The second kappa shape index (κ2) is 6.47. The van der Waals surface area contributed by atoms with Gasteiger partial charge in [-0.25, -0.2) is 27.8 Å². The zero-order valence-corrected chi connectivity index (χ0v) is 11.8. The summed E-state index contributed by atoms with van der Waals surface area (Å²) in [5.74, 6) is -0.205. The lowest BCUT2D eigenvalue weighted by atomic mass is 10.2. The number of hydrogen-bond donors (Lipinski definition) is 1. The third-order valence-corrected chi connectivity index (χ3v) is 3.04. The van der Waals surface area contributed by atoms with Crippen LogP contribution in [0.25, 0.3) is 16.9 Å². The van der Waals surface area contributed by atoms with Gasteiger partial charge in [0.1, 0.15) is 5.82 Å². The summed E-state index contributed by atoms with van der Waals surface area (Å²) in [6.07, 6.45) is 2.30. The van der Waals surface area contributed by atoms with Gasteiger partial charge in [-0.05, 0) is 30.3 Å². The number of rotatable bonds is 5. The van der Waals surface area contributed by atoms with Gasteiger partial charge in [0.05, 0.1) is 24.1 Å². The Kier molecular flexibility index (Phi) is 4.22. The number of nitrogens with one attached hydrogen (secondary N) is 1. The maximum Gasteiger partial charge on any atom is 0.255 e. The van der Waals surface area contributed by atoms with Crippen molar-refractivity contribution >= 4 is 5.95 Å². The lowest BCUT2D eigenvalue weighted by Gasteiger charge is -2.04. The van der Waals surface area contributed by atoms with Crippen molar-refractivity contribution in [2.45, 2.75) is 6.43 Å². The molecule has 0 unspecified atom stereocenters. The molecule has 8 heteroatoms. The van der Waals surface area contributed by atoms with Crippen LogP contribution in [0.3, 0.4) is 0 Å². The minimum absolute atomic E-state index is 0.123. The van der Waals surface area contributed by atoms with E-state index in [0.717, 1.165) is 0 Å². The number of anilines is 1. The van der Waals surface area contributed by atoms with E-state index in [1.165, 1.54) is 18.3 Å². The van der Waals surface area contributed by atoms with Gasteiger partial charge in [-0.3, -0.25) is 0 Å². The number of nitrogens with zero attached hydrogens (tertiary/aromatic N) is 4. The molecule has 1 N–H and O–H groups in total. The quantitative estimate of drug-likeness (QED) is 0.785. The molecule has 0 saturated carbocycles. The molecule has 0 fully saturated rings. The van der Waals surface area contributed by atoms with Crippen LogP contribution in [0, 0.1) is 5.82 Å². The Labute approximate surface area is 129 Å². The molecule has 2 aromatic heterocycles. The SMILES string of the molecule is Fc1ccc(-n2cc(-c3ccnc(NCC(F)F)n3)cn2)cc1. The Hall–Kier alpha value is -2.90. The topological polar surface area (TPSA) is 55.6 Å². The summed E-state index contributed by atoms with van der Waals surface area (Å²) in [5.41, 5.74) is 1.93. The molecule has 118 valence electrons. The van der Waals surface area contributed by atoms with Crippen LogP contribution in [0.4, 0.5) is 19.1 Å². The van der Waals surface area contributed by atoms with Gasteiger partial charge < -0.3 is 5.32 Å². The normalized spacial score (nSPS) is 11.0. The molecule has 3 rings (SSSR count). The van der Waals surface area contributed by atoms with E-state index in [4.69, 9.17) is 0 Å². The molecular formula is C15H12F3N5. The fourth-order valence-electron chi connectivity index (χ4n) is 1.96. The van der Waals surface area contributed by atoms with Gasteiger partial charge in [-0.1, -0.05) is 0 Å². The Morgan fingerprint density at radius 3 is 2.65 bits per heavy atom. The zero-order chi connectivity index (χ0) is 16.2. The molecule has 0 saturated heterocycles. The van der Waals surface area contributed by atoms with Crippen LogP contribution in [0.2, 0.25) is 0 Å². The van der Waals surface area contributed by atoms with E-state index < -0.39 is 13.0 Å². The van der Waals surface area contributed by atoms with Gasteiger partial charge in [0, 0.05) is 18.0 Å². The van der Waals surface area contributed by atoms with Crippen LogP contribution >= 0.6 is 0 Å². The van der Waals surface area contributed by atoms with Crippen LogP contribution in [0.1, 0.15) is 0 Å². The first kappa shape index (κ1) is 15.0. The molecule has 0 bridgehead atoms. The molecule has 0 aliphatic heterocycles. The average molecular weight is 319 g/mol. The molecule has 1 aromatic carbocycles. The Balaban J connectivity index is 1.82. The van der Waals surface area contributed by atoms with E-state index in [1.54, 1.807) is 35.3 Å². The molecule has 0 spiro atoms. The predicted molar refractivity (Wildman–Crippen MR) is 79.0 cm³/mol. The summed E-state index contributed by atoms with van der Waals surface area (Å²) in [4.78, 5) is 8.05. The van der Waals surface area contributed by atoms with Gasteiger partial charge >= 0.3 is 0 Å². The van der Waals surface area contributed by atoms with Crippen molar-refractivity contribution in [1.29, 1.82) is 0 Å². The van der Waals surface area contributed by atoms with Crippen molar-refractivity contribution in [2.75, 3.05) is 11.9 Å². The van der Waals surface area contributed by atoms with E-state index in [0.29, 0.717) is 16.9 Å². The molecule has 0 atom stereocenters. The summed E-state index contributed by atoms with van der Waals surface area (Å²) in [6.45, 7) is -0.516. The van der Waals surface area contributed by atoms with Crippen molar-refractivity contribution in [1.82, 2.24) is 19.7 Å². The average Bonchev–Trinajstić information content (AvgIpc) is 3.04. The van der Waals surface area contributed by atoms with Crippen molar-refractivity contribution < 1.29 is 13.2 Å². The zero-order valence-electron chi connectivity index (χ0n) is 11.8. The van der Waals surface area contributed by atoms with Gasteiger partial charge in [-0.2, -0.15) is 5.10 Å². The second-order valence-electron chi connectivity index (χ2n) is 4.69. The third-order valence-electron chi connectivity index (χ3n) is 3.04. The van der Waals surface area contributed by atoms with Crippen LogP contribution in [0.5, 0.6) is 0 Å². The molecule has 0 aliphatic carbocycles. The van der Waals surface area contributed by atoms with Gasteiger partial charge in [0.15, 0.2) is 0 Å². The van der Waals surface area contributed by atoms with Crippen molar-refractivity contribution in [3.05, 3.63) is 54.7 Å². The number of hydrogen-bond acceptors (Lipinski definition) is 4. The van der Waals surface area contributed by atoms with Crippen LogP contribution < -0.4 is 5.32 Å². The minimum atomic E-state index is -2.48. The maximum atomic E-state index is 12.9. The highest BCUT2D eigenvalue weighted by atomic mass is 19.3. The summed E-state index contributed by atoms with van der Waals surface area (Å²) in [7, 11) is 0. The number of aromatic nitrogens is 4. The van der Waals surface area contributed by atoms with Crippen molar-refractivity contribution in [3.8, 4) is 16.9 Å². The second-order valence-corrected chi connectivity index (χ2v) is 4.69. The Bertz CT molecular complexity index is 786. The van der Waals surface area contributed by atoms with Crippen molar-refractivity contribution in [3.63, 3.8) is 0 Å². The standard InChI is InChI=1S/C15H12F3N5/c16-11-1-3-12(4-2-11)23-9-10(7-21-23)13-5-6-19-15(22-13)20-8-14(17)18/h1-7,9,14H,8H2,(H,19,20,22). The van der Waals surface area contributed by atoms with E-state index in [9.17, 15) is 13.2 Å². The Morgan fingerprint density at radius 2 is 1.91 bits per heavy atom. The van der Waals surface area contributed by atoms with E-state index >= 15 is 0 Å². The maximum absolute atomic E-state index is 12.9. The van der Waals surface area contributed by atoms with Crippen LogP contribution in [-0.2, 0) is 0 Å². The highest BCUT2D eigenvalue weighted by molar-refractivity contribution is 5.58. The summed E-state index contributed by atoms with van der Waals surface area (Å²) < 4.78 is 38.9. The largest absolute Gasteiger partial charge is 0.348 e. The highest BCUT2D eigenvalue weighted by Crippen LogP contribution is 2.19. The summed E-state index contributed by atoms with van der Waals surface area (Å²) in [5, 5.41) is 6.65. The van der Waals surface area contributed by atoms with E-state index in [-0.39, 0.29) is 11.8 Å². The fourth-order valence-corrected chi connectivity index (χ4v) is 1.96. The van der Waals surface area contributed by atoms with Gasteiger partial charge in [-0.15, -0.1) is 0 Å². The first-order valence-corrected chi connectivity index (χ1v) is 6.78. The number of alkyl halides is 2. The van der Waals surface area contributed by atoms with E-state index in [1.807, 2.05) is 0 Å².